The minimum Gasteiger partial charge on any atom is -0.497 e. The number of hydrogen-bond donors (Lipinski definition) is 0. The van der Waals surface area contributed by atoms with Gasteiger partial charge in [0.25, 0.3) is 0 Å². The van der Waals surface area contributed by atoms with E-state index in [2.05, 4.69) is 0 Å². The maximum absolute atomic E-state index is 12.3. The molecule has 3 aromatic carbocycles. The third-order valence-corrected chi connectivity index (χ3v) is 4.64. The van der Waals surface area contributed by atoms with Crippen molar-refractivity contribution < 1.29 is 19.2 Å². The van der Waals surface area contributed by atoms with E-state index in [1.807, 2.05) is 0 Å². The second-order valence-corrected chi connectivity index (χ2v) is 6.93. The van der Waals surface area contributed by atoms with Crippen LogP contribution in [0.2, 0.25) is 10.0 Å². The van der Waals surface area contributed by atoms with Crippen LogP contribution in [0.1, 0.15) is 15.9 Å². The number of halogens is 2. The molecule has 8 heteroatoms. The van der Waals surface area contributed by atoms with Crippen molar-refractivity contribution in [2.24, 2.45) is 0 Å². The molecule has 30 heavy (non-hydrogen) atoms. The molecular weight excluding hydrogens is 429 g/mol. The van der Waals surface area contributed by atoms with Crippen LogP contribution in [0, 0.1) is 10.1 Å². The van der Waals surface area contributed by atoms with E-state index in [9.17, 15) is 14.9 Å². The van der Waals surface area contributed by atoms with Gasteiger partial charge in [-0.25, -0.2) is 0 Å². The van der Waals surface area contributed by atoms with Gasteiger partial charge in [0, 0.05) is 16.7 Å². The van der Waals surface area contributed by atoms with E-state index in [1.54, 1.807) is 43.5 Å². The Bertz CT molecular complexity index is 1130. The highest BCUT2D eigenvalue weighted by molar-refractivity contribution is 6.37. The Morgan fingerprint density at radius 2 is 1.70 bits per heavy atom. The molecule has 3 rings (SSSR count). The van der Waals surface area contributed by atoms with E-state index in [4.69, 9.17) is 32.7 Å². The second kappa shape index (κ2) is 9.43. The van der Waals surface area contributed by atoms with E-state index >= 15 is 0 Å². The maximum Gasteiger partial charge on any atom is 0.312 e. The molecule has 0 aliphatic carbocycles. The van der Waals surface area contributed by atoms with Gasteiger partial charge < -0.3 is 9.47 Å². The molecule has 0 heterocycles. The molecule has 0 saturated carbocycles. The highest BCUT2D eigenvalue weighted by Crippen LogP contribution is 2.33. The van der Waals surface area contributed by atoms with Crippen molar-refractivity contribution in [1.82, 2.24) is 0 Å². The number of nitrogens with zero attached hydrogens (tertiary/aromatic N) is 1. The van der Waals surface area contributed by atoms with Gasteiger partial charge in [-0.05, 0) is 60.2 Å². The first-order valence-corrected chi connectivity index (χ1v) is 9.41. The van der Waals surface area contributed by atoms with Crippen molar-refractivity contribution in [3.05, 3.63) is 98.0 Å². The molecule has 0 aromatic heterocycles. The Balaban J connectivity index is 1.82. The SMILES string of the molecule is COc1ccc(Oc2ccc(C=CC(=O)c3ccc(Cl)cc3Cl)cc2[N+](=O)[O-])cc1. The predicted octanol–water partition coefficient (Wildman–Crippen LogP) is 6.60. The fraction of sp³-hybridized carbons (Fsp3) is 0.0455. The van der Waals surface area contributed by atoms with Crippen LogP contribution in [0.5, 0.6) is 17.2 Å². The van der Waals surface area contributed by atoms with Gasteiger partial charge in [-0.1, -0.05) is 35.3 Å². The Hall–Kier alpha value is -3.35. The zero-order chi connectivity index (χ0) is 21.7. The number of allylic oxidation sites excluding steroid dienone is 1. The molecular formula is C22H15Cl2NO5. The number of hydrogen-bond acceptors (Lipinski definition) is 5. The van der Waals surface area contributed by atoms with Gasteiger partial charge in [-0.15, -0.1) is 0 Å². The van der Waals surface area contributed by atoms with Crippen LogP contribution in [0.3, 0.4) is 0 Å². The van der Waals surface area contributed by atoms with Crippen molar-refractivity contribution in [3.63, 3.8) is 0 Å². The molecule has 3 aromatic rings. The minimum atomic E-state index is -0.548. The average molecular weight is 444 g/mol. The summed E-state index contributed by atoms with van der Waals surface area (Å²) >= 11 is 11.9. The first-order valence-electron chi connectivity index (χ1n) is 8.65. The molecule has 0 unspecified atom stereocenters. The zero-order valence-corrected chi connectivity index (χ0v) is 17.2. The molecule has 0 amide bonds. The van der Waals surface area contributed by atoms with Gasteiger partial charge >= 0.3 is 5.69 Å². The van der Waals surface area contributed by atoms with Gasteiger partial charge in [0.05, 0.1) is 17.1 Å². The number of nitro groups is 1. The van der Waals surface area contributed by atoms with E-state index in [0.717, 1.165) is 0 Å². The van der Waals surface area contributed by atoms with Crippen LogP contribution in [0.4, 0.5) is 5.69 Å². The van der Waals surface area contributed by atoms with E-state index in [1.165, 1.54) is 36.4 Å². The molecule has 0 radical (unpaired) electrons. The van der Waals surface area contributed by atoms with Crippen LogP contribution in [0.25, 0.3) is 6.08 Å². The number of methoxy groups -OCH3 is 1. The number of ketones is 1. The molecule has 0 aliphatic rings. The third kappa shape index (κ3) is 5.17. The summed E-state index contributed by atoms with van der Waals surface area (Å²) < 4.78 is 10.7. The smallest absolute Gasteiger partial charge is 0.312 e. The first kappa shape index (κ1) is 21.4. The Morgan fingerprint density at radius 3 is 2.33 bits per heavy atom. The van der Waals surface area contributed by atoms with Gasteiger partial charge in [0.2, 0.25) is 5.75 Å². The lowest BCUT2D eigenvalue weighted by molar-refractivity contribution is -0.385. The molecule has 0 fully saturated rings. The van der Waals surface area contributed by atoms with Gasteiger partial charge in [-0.3, -0.25) is 14.9 Å². The molecule has 0 bridgehead atoms. The zero-order valence-electron chi connectivity index (χ0n) is 15.7. The summed E-state index contributed by atoms with van der Waals surface area (Å²) in [6, 6.07) is 15.6. The van der Waals surface area contributed by atoms with Crippen molar-refractivity contribution in [2.75, 3.05) is 7.11 Å². The summed E-state index contributed by atoms with van der Waals surface area (Å²) in [6.07, 6.45) is 2.76. The maximum atomic E-state index is 12.3. The van der Waals surface area contributed by atoms with Crippen molar-refractivity contribution >= 4 is 40.7 Å². The van der Waals surface area contributed by atoms with E-state index in [0.29, 0.717) is 22.1 Å². The number of ether oxygens (including phenoxy) is 2. The standard InChI is InChI=1S/C22H15Cl2NO5/c1-29-16-5-7-17(8-6-16)30-22-11-3-14(12-20(22)25(27)28)2-10-21(26)18-9-4-15(23)13-19(18)24/h2-13H,1H3. The highest BCUT2D eigenvalue weighted by Gasteiger charge is 2.17. The molecule has 0 N–H and O–H groups in total. The average Bonchev–Trinajstić information content (AvgIpc) is 2.73. The number of benzene rings is 3. The lowest BCUT2D eigenvalue weighted by atomic mass is 10.1. The predicted molar refractivity (Wildman–Crippen MR) is 116 cm³/mol. The van der Waals surface area contributed by atoms with Crippen molar-refractivity contribution in [2.45, 2.75) is 0 Å². The summed E-state index contributed by atoms with van der Waals surface area (Å²) in [4.78, 5) is 23.3. The topological polar surface area (TPSA) is 78.7 Å². The van der Waals surface area contributed by atoms with Crippen LogP contribution < -0.4 is 9.47 Å². The largest absolute Gasteiger partial charge is 0.497 e. The van der Waals surface area contributed by atoms with Gasteiger partial charge in [-0.2, -0.15) is 0 Å². The molecule has 0 spiro atoms. The Morgan fingerprint density at radius 1 is 1.00 bits per heavy atom. The van der Waals surface area contributed by atoms with Crippen molar-refractivity contribution in [3.8, 4) is 17.2 Å². The number of nitro benzene ring substituents is 1. The molecule has 6 nitrogen and oxygen atoms in total. The van der Waals surface area contributed by atoms with Gasteiger partial charge in [0.1, 0.15) is 11.5 Å². The van der Waals surface area contributed by atoms with Crippen LogP contribution in [-0.2, 0) is 0 Å². The number of carbonyl (C=O) groups is 1. The molecule has 0 saturated heterocycles. The fourth-order valence-corrected chi connectivity index (χ4v) is 3.09. The minimum absolute atomic E-state index is 0.0781. The van der Waals surface area contributed by atoms with E-state index in [-0.39, 0.29) is 27.8 Å². The lowest BCUT2D eigenvalue weighted by Crippen LogP contribution is -1.96. The Labute approximate surface area is 182 Å². The number of rotatable bonds is 7. The van der Waals surface area contributed by atoms with Gasteiger partial charge in [0.15, 0.2) is 5.78 Å². The molecule has 152 valence electrons. The summed E-state index contributed by atoms with van der Waals surface area (Å²) in [6.45, 7) is 0. The summed E-state index contributed by atoms with van der Waals surface area (Å²) in [7, 11) is 1.54. The van der Waals surface area contributed by atoms with Crippen LogP contribution in [0.15, 0.2) is 66.7 Å². The number of carbonyl (C=O) groups excluding carboxylic acids is 1. The molecule has 0 atom stereocenters. The monoisotopic (exact) mass is 443 g/mol. The highest BCUT2D eigenvalue weighted by atomic mass is 35.5. The van der Waals surface area contributed by atoms with Crippen molar-refractivity contribution in [1.29, 1.82) is 0 Å². The molecule has 0 aliphatic heterocycles. The van der Waals surface area contributed by atoms with Crippen LogP contribution >= 0.6 is 23.2 Å². The summed E-state index contributed by atoms with van der Waals surface area (Å²) in [5.74, 6) is 0.796. The first-order chi connectivity index (χ1) is 14.4. The third-order valence-electron chi connectivity index (χ3n) is 4.09. The Kier molecular flexibility index (Phi) is 6.72. The normalized spacial score (nSPS) is 10.8. The van der Waals surface area contributed by atoms with Crippen LogP contribution in [-0.4, -0.2) is 17.8 Å². The second-order valence-electron chi connectivity index (χ2n) is 6.08. The fourth-order valence-electron chi connectivity index (χ4n) is 2.59. The summed E-state index contributed by atoms with van der Waals surface area (Å²) in [5.41, 5.74) is 0.512. The van der Waals surface area contributed by atoms with E-state index < -0.39 is 4.92 Å². The lowest BCUT2D eigenvalue weighted by Gasteiger charge is -2.08. The summed E-state index contributed by atoms with van der Waals surface area (Å²) in [5, 5.41) is 12.1. The quantitative estimate of drug-likeness (QED) is 0.178.